The Kier molecular flexibility index (Phi) is 3.57. The number of methoxy groups -OCH3 is 1. The Morgan fingerprint density at radius 3 is 2.15 bits per heavy atom. The van der Waals surface area contributed by atoms with Crippen LogP contribution in [0.4, 0.5) is 17.6 Å². The number of hydrogen-bond donors (Lipinski definition) is 1. The van der Waals surface area contributed by atoms with Gasteiger partial charge in [0.25, 0.3) is 0 Å². The fourth-order valence-corrected chi connectivity index (χ4v) is 1.79. The Morgan fingerprint density at radius 1 is 1.00 bits per heavy atom. The van der Waals surface area contributed by atoms with Crippen molar-refractivity contribution in [1.82, 2.24) is 0 Å². The average Bonchev–Trinajstić information content (AvgIpc) is 2.37. The van der Waals surface area contributed by atoms with Crippen LogP contribution in [0.5, 0.6) is 11.5 Å². The molecule has 0 atom stereocenters. The Bertz CT molecular complexity index is 636. The third kappa shape index (κ3) is 2.68. The van der Waals surface area contributed by atoms with Crippen LogP contribution in [0.15, 0.2) is 36.4 Å². The van der Waals surface area contributed by atoms with Gasteiger partial charge in [0.1, 0.15) is 5.82 Å². The summed E-state index contributed by atoms with van der Waals surface area (Å²) >= 11 is 0. The number of alkyl halides is 3. The zero-order valence-corrected chi connectivity index (χ0v) is 10.3. The topological polar surface area (TPSA) is 29.5 Å². The minimum atomic E-state index is -4.77. The van der Waals surface area contributed by atoms with Crippen molar-refractivity contribution < 1.29 is 27.4 Å². The highest BCUT2D eigenvalue weighted by atomic mass is 19.4. The monoisotopic (exact) mass is 286 g/mol. The van der Waals surface area contributed by atoms with Gasteiger partial charge in [0.15, 0.2) is 11.5 Å². The Labute approximate surface area is 112 Å². The molecular formula is C14H10F4O2. The molecule has 20 heavy (non-hydrogen) atoms. The molecule has 0 aromatic heterocycles. The summed E-state index contributed by atoms with van der Waals surface area (Å²) in [4.78, 5) is 0. The number of rotatable bonds is 2. The average molecular weight is 286 g/mol. The van der Waals surface area contributed by atoms with Crippen molar-refractivity contribution in [2.75, 3.05) is 7.11 Å². The number of ether oxygens (including phenoxy) is 1. The van der Waals surface area contributed by atoms with E-state index in [2.05, 4.69) is 0 Å². The van der Waals surface area contributed by atoms with Gasteiger partial charge in [0.2, 0.25) is 0 Å². The lowest BCUT2D eigenvalue weighted by atomic mass is 10.0. The Hall–Kier alpha value is -2.24. The molecule has 0 aliphatic heterocycles. The predicted molar refractivity (Wildman–Crippen MR) is 65.1 cm³/mol. The van der Waals surface area contributed by atoms with Crippen molar-refractivity contribution in [3.8, 4) is 22.6 Å². The first-order valence-corrected chi connectivity index (χ1v) is 5.57. The van der Waals surface area contributed by atoms with Gasteiger partial charge in [-0.05, 0) is 35.4 Å². The summed E-state index contributed by atoms with van der Waals surface area (Å²) in [5.74, 6) is -1.34. The summed E-state index contributed by atoms with van der Waals surface area (Å²) in [7, 11) is 1.36. The van der Waals surface area contributed by atoms with E-state index in [0.717, 1.165) is 6.07 Å². The summed E-state index contributed by atoms with van der Waals surface area (Å²) in [5, 5.41) is 9.62. The number of hydrogen-bond acceptors (Lipinski definition) is 2. The predicted octanol–water partition coefficient (Wildman–Crippen LogP) is 4.23. The summed E-state index contributed by atoms with van der Waals surface area (Å²) in [6.45, 7) is 0. The molecule has 2 nitrogen and oxygen atoms in total. The molecule has 0 bridgehead atoms. The van der Waals surface area contributed by atoms with Gasteiger partial charge < -0.3 is 9.84 Å². The molecule has 0 fully saturated rings. The van der Waals surface area contributed by atoms with Crippen molar-refractivity contribution in [2.24, 2.45) is 0 Å². The lowest BCUT2D eigenvalue weighted by Gasteiger charge is -2.11. The molecular weight excluding hydrogens is 276 g/mol. The Balaban J connectivity index is 2.51. The molecule has 2 rings (SSSR count). The Morgan fingerprint density at radius 2 is 1.60 bits per heavy atom. The largest absolute Gasteiger partial charge is 0.504 e. The molecule has 0 radical (unpaired) electrons. The quantitative estimate of drug-likeness (QED) is 0.837. The second kappa shape index (κ2) is 5.03. The molecule has 6 heteroatoms. The molecule has 0 aliphatic rings. The van der Waals surface area contributed by atoms with Crippen LogP contribution in [0.3, 0.4) is 0 Å². The van der Waals surface area contributed by atoms with E-state index in [0.29, 0.717) is 11.6 Å². The molecule has 106 valence electrons. The lowest BCUT2D eigenvalue weighted by molar-refractivity contribution is -0.139. The molecule has 0 saturated carbocycles. The molecule has 1 N–H and O–H groups in total. The minimum Gasteiger partial charge on any atom is -0.504 e. The van der Waals surface area contributed by atoms with E-state index in [4.69, 9.17) is 4.74 Å². The highest BCUT2D eigenvalue weighted by molar-refractivity contribution is 5.67. The molecule has 0 heterocycles. The number of benzene rings is 2. The molecule has 2 aromatic carbocycles. The van der Waals surface area contributed by atoms with Crippen molar-refractivity contribution >= 4 is 0 Å². The molecule has 0 spiro atoms. The van der Waals surface area contributed by atoms with Gasteiger partial charge in [-0.15, -0.1) is 0 Å². The first-order valence-electron chi connectivity index (χ1n) is 5.57. The third-order valence-corrected chi connectivity index (χ3v) is 2.78. The van der Waals surface area contributed by atoms with Crippen molar-refractivity contribution in [3.63, 3.8) is 0 Å². The van der Waals surface area contributed by atoms with E-state index < -0.39 is 17.6 Å². The standard InChI is InChI=1S/C14H10F4O2/c1-20-13-5-3-9(7-12(13)19)8-2-4-11(15)10(6-8)14(16,17)18/h2-7,19H,1H3. The highest BCUT2D eigenvalue weighted by Crippen LogP contribution is 2.36. The van der Waals surface area contributed by atoms with E-state index in [1.807, 2.05) is 0 Å². The first kappa shape index (κ1) is 14.2. The molecule has 0 unspecified atom stereocenters. The van der Waals surface area contributed by atoms with Gasteiger partial charge >= 0.3 is 6.18 Å². The van der Waals surface area contributed by atoms with Crippen molar-refractivity contribution in [1.29, 1.82) is 0 Å². The van der Waals surface area contributed by atoms with Crippen molar-refractivity contribution in [3.05, 3.63) is 47.8 Å². The normalized spacial score (nSPS) is 11.4. The molecule has 0 aliphatic carbocycles. The van der Waals surface area contributed by atoms with Crippen LogP contribution < -0.4 is 4.74 Å². The fraction of sp³-hybridized carbons (Fsp3) is 0.143. The van der Waals surface area contributed by atoms with Gasteiger partial charge in [-0.2, -0.15) is 13.2 Å². The summed E-state index contributed by atoms with van der Waals surface area (Å²) in [6.07, 6.45) is -4.77. The number of phenolic OH excluding ortho intramolecular Hbond substituents is 1. The zero-order chi connectivity index (χ0) is 14.9. The van der Waals surface area contributed by atoms with Gasteiger partial charge in [0, 0.05) is 0 Å². The van der Waals surface area contributed by atoms with E-state index in [1.165, 1.54) is 31.4 Å². The SMILES string of the molecule is COc1ccc(-c2ccc(F)c(C(F)(F)F)c2)cc1O. The fourth-order valence-electron chi connectivity index (χ4n) is 1.79. The zero-order valence-electron chi connectivity index (χ0n) is 10.3. The van der Waals surface area contributed by atoms with Crippen LogP contribution in [0.2, 0.25) is 0 Å². The van der Waals surface area contributed by atoms with E-state index in [-0.39, 0.29) is 17.1 Å². The maximum absolute atomic E-state index is 13.2. The first-order chi connectivity index (χ1) is 9.32. The van der Waals surface area contributed by atoms with Crippen LogP contribution in [0.25, 0.3) is 11.1 Å². The van der Waals surface area contributed by atoms with Crippen LogP contribution in [-0.2, 0) is 6.18 Å². The van der Waals surface area contributed by atoms with Crippen LogP contribution >= 0.6 is 0 Å². The van der Waals surface area contributed by atoms with Gasteiger partial charge in [-0.25, -0.2) is 4.39 Å². The summed E-state index contributed by atoms with van der Waals surface area (Å²) in [6, 6.07) is 6.82. The maximum Gasteiger partial charge on any atom is 0.419 e. The maximum atomic E-state index is 13.2. The van der Waals surface area contributed by atoms with Crippen LogP contribution in [0, 0.1) is 5.82 Å². The van der Waals surface area contributed by atoms with Crippen molar-refractivity contribution in [2.45, 2.75) is 6.18 Å². The number of halogens is 4. The molecule has 2 aromatic rings. The van der Waals surface area contributed by atoms with Gasteiger partial charge in [-0.3, -0.25) is 0 Å². The highest BCUT2D eigenvalue weighted by Gasteiger charge is 2.34. The summed E-state index contributed by atoms with van der Waals surface area (Å²) < 4.78 is 55.9. The van der Waals surface area contributed by atoms with Crippen LogP contribution in [0.1, 0.15) is 5.56 Å². The number of phenols is 1. The van der Waals surface area contributed by atoms with E-state index in [9.17, 15) is 22.7 Å². The third-order valence-electron chi connectivity index (χ3n) is 2.78. The second-order valence-electron chi connectivity index (χ2n) is 4.08. The number of aromatic hydroxyl groups is 1. The smallest absolute Gasteiger partial charge is 0.419 e. The molecule has 0 amide bonds. The molecule has 0 saturated heterocycles. The second-order valence-corrected chi connectivity index (χ2v) is 4.08. The van der Waals surface area contributed by atoms with E-state index >= 15 is 0 Å². The van der Waals surface area contributed by atoms with Gasteiger partial charge in [0.05, 0.1) is 12.7 Å². The minimum absolute atomic E-state index is 0.150. The van der Waals surface area contributed by atoms with Gasteiger partial charge in [-0.1, -0.05) is 12.1 Å². The summed E-state index contributed by atoms with van der Waals surface area (Å²) in [5.41, 5.74) is -0.865. The lowest BCUT2D eigenvalue weighted by Crippen LogP contribution is -2.08. The van der Waals surface area contributed by atoms with E-state index in [1.54, 1.807) is 0 Å². The van der Waals surface area contributed by atoms with Crippen LogP contribution in [-0.4, -0.2) is 12.2 Å².